The summed E-state index contributed by atoms with van der Waals surface area (Å²) in [6.07, 6.45) is 6.64. The molecule has 6 heteroatoms. The Labute approximate surface area is 132 Å². The van der Waals surface area contributed by atoms with Crippen LogP contribution in [0.5, 0.6) is 0 Å². The Hall–Kier alpha value is -1.56. The molecule has 0 aromatic carbocycles. The molecule has 2 rings (SSSR count). The maximum atomic E-state index is 11.9. The third kappa shape index (κ3) is 4.73. The maximum absolute atomic E-state index is 11.9. The monoisotopic (exact) mass is 308 g/mol. The number of carbonyl (C=O) groups is 1. The number of amides is 1. The Kier molecular flexibility index (Phi) is 5.45. The van der Waals surface area contributed by atoms with Gasteiger partial charge in [0.2, 0.25) is 0 Å². The zero-order valence-electron chi connectivity index (χ0n) is 14.1. The van der Waals surface area contributed by atoms with Gasteiger partial charge >= 0.3 is 6.09 Å². The number of hydrogen-bond acceptors (Lipinski definition) is 4. The van der Waals surface area contributed by atoms with Crippen LogP contribution >= 0.6 is 0 Å². The van der Waals surface area contributed by atoms with Crippen LogP contribution in [0.4, 0.5) is 4.79 Å². The van der Waals surface area contributed by atoms with E-state index in [1.54, 1.807) is 0 Å². The molecule has 2 N–H and O–H groups in total. The predicted octanol–water partition coefficient (Wildman–Crippen LogP) is 2.44. The van der Waals surface area contributed by atoms with Crippen LogP contribution in [-0.4, -0.2) is 33.3 Å². The van der Waals surface area contributed by atoms with Gasteiger partial charge in [-0.15, -0.1) is 0 Å². The third-order valence-corrected chi connectivity index (χ3v) is 3.88. The van der Waals surface area contributed by atoms with Gasteiger partial charge in [-0.3, -0.25) is 0 Å². The van der Waals surface area contributed by atoms with Gasteiger partial charge in [-0.25, -0.2) is 9.78 Å². The summed E-state index contributed by atoms with van der Waals surface area (Å²) in [6, 6.07) is 0.398. The van der Waals surface area contributed by atoms with Crippen LogP contribution in [0.15, 0.2) is 12.4 Å². The van der Waals surface area contributed by atoms with Crippen LogP contribution in [-0.2, 0) is 17.8 Å². The lowest BCUT2D eigenvalue weighted by molar-refractivity contribution is 0.0498. The van der Waals surface area contributed by atoms with Crippen molar-refractivity contribution in [3.63, 3.8) is 0 Å². The van der Waals surface area contributed by atoms with Crippen molar-refractivity contribution in [2.75, 3.05) is 0 Å². The van der Waals surface area contributed by atoms with Gasteiger partial charge in [0.15, 0.2) is 0 Å². The Bertz CT molecular complexity index is 493. The average molecular weight is 308 g/mol. The molecule has 1 aromatic heterocycles. The molecule has 1 fully saturated rings. The number of rotatable bonds is 5. The normalized spacial score (nSPS) is 21.8. The summed E-state index contributed by atoms with van der Waals surface area (Å²) in [5.74, 6) is 1.03. The fourth-order valence-corrected chi connectivity index (χ4v) is 2.85. The molecule has 1 aromatic rings. The molecule has 0 saturated heterocycles. The minimum absolute atomic E-state index is 0.125. The minimum atomic E-state index is -0.461. The second-order valence-electron chi connectivity index (χ2n) is 6.80. The van der Waals surface area contributed by atoms with E-state index in [1.807, 2.05) is 33.2 Å². The summed E-state index contributed by atoms with van der Waals surface area (Å²) in [5, 5.41) is 6.52. The molecule has 1 aliphatic rings. The van der Waals surface area contributed by atoms with Gasteiger partial charge < -0.3 is 19.9 Å². The molecule has 0 spiro atoms. The van der Waals surface area contributed by atoms with Crippen molar-refractivity contribution in [2.45, 2.75) is 77.7 Å². The zero-order chi connectivity index (χ0) is 16.2. The number of nitrogens with zero attached hydrogens (tertiary/aromatic N) is 2. The molecular weight excluding hydrogens is 280 g/mol. The second kappa shape index (κ2) is 7.13. The molecule has 1 saturated carbocycles. The van der Waals surface area contributed by atoms with Crippen molar-refractivity contribution in [2.24, 2.45) is 0 Å². The number of imidazole rings is 1. The van der Waals surface area contributed by atoms with Crippen molar-refractivity contribution in [1.29, 1.82) is 0 Å². The lowest BCUT2D eigenvalue weighted by Gasteiger charge is -2.25. The van der Waals surface area contributed by atoms with E-state index in [4.69, 9.17) is 4.74 Å². The van der Waals surface area contributed by atoms with Crippen LogP contribution in [0.2, 0.25) is 0 Å². The quantitative estimate of drug-likeness (QED) is 0.876. The van der Waals surface area contributed by atoms with Gasteiger partial charge in [-0.2, -0.15) is 0 Å². The van der Waals surface area contributed by atoms with Crippen molar-refractivity contribution in [3.8, 4) is 0 Å². The van der Waals surface area contributed by atoms with Crippen LogP contribution in [0, 0.1) is 0 Å². The molecule has 1 amide bonds. The minimum Gasteiger partial charge on any atom is -0.444 e. The fourth-order valence-electron chi connectivity index (χ4n) is 2.85. The molecule has 1 heterocycles. The van der Waals surface area contributed by atoms with E-state index < -0.39 is 5.60 Å². The average Bonchev–Trinajstić information content (AvgIpc) is 3.02. The highest BCUT2D eigenvalue weighted by molar-refractivity contribution is 5.68. The molecule has 1 aliphatic carbocycles. The van der Waals surface area contributed by atoms with Crippen LogP contribution in [0.25, 0.3) is 0 Å². The summed E-state index contributed by atoms with van der Waals surface area (Å²) in [6.45, 7) is 9.37. The van der Waals surface area contributed by atoms with Gasteiger partial charge in [0.1, 0.15) is 11.4 Å². The molecule has 0 bridgehead atoms. The molecule has 6 nitrogen and oxygen atoms in total. The SMILES string of the molecule is CCn1ccnc1CNC1CCCC1NC(=O)OC(C)(C)C. The van der Waals surface area contributed by atoms with E-state index in [0.29, 0.717) is 0 Å². The van der Waals surface area contributed by atoms with E-state index in [9.17, 15) is 4.79 Å². The number of alkyl carbamates (subject to hydrolysis) is 1. The molecule has 0 radical (unpaired) electrons. The number of ether oxygens (including phenoxy) is 1. The molecule has 124 valence electrons. The standard InChI is InChI=1S/C16H28N4O2/c1-5-20-10-9-17-14(20)11-18-12-7-6-8-13(12)19-15(21)22-16(2,3)4/h9-10,12-13,18H,5-8,11H2,1-4H3,(H,19,21). The van der Waals surface area contributed by atoms with Crippen molar-refractivity contribution in [1.82, 2.24) is 20.2 Å². The highest BCUT2D eigenvalue weighted by Gasteiger charge is 2.30. The van der Waals surface area contributed by atoms with Crippen LogP contribution in [0.1, 0.15) is 52.8 Å². The number of carbonyl (C=O) groups excluding carboxylic acids is 1. The highest BCUT2D eigenvalue weighted by Crippen LogP contribution is 2.20. The number of aromatic nitrogens is 2. The Morgan fingerprint density at radius 3 is 2.82 bits per heavy atom. The second-order valence-corrected chi connectivity index (χ2v) is 6.80. The summed E-state index contributed by atoms with van der Waals surface area (Å²) in [4.78, 5) is 16.3. The summed E-state index contributed by atoms with van der Waals surface area (Å²) < 4.78 is 7.46. The Morgan fingerprint density at radius 1 is 1.41 bits per heavy atom. The van der Waals surface area contributed by atoms with Gasteiger partial charge in [0.05, 0.1) is 6.54 Å². The van der Waals surface area contributed by atoms with Gasteiger partial charge in [-0.1, -0.05) is 0 Å². The van der Waals surface area contributed by atoms with E-state index in [-0.39, 0.29) is 18.2 Å². The molecule has 22 heavy (non-hydrogen) atoms. The molecular formula is C16H28N4O2. The molecule has 2 atom stereocenters. The van der Waals surface area contributed by atoms with Crippen molar-refractivity contribution in [3.05, 3.63) is 18.2 Å². The lowest BCUT2D eigenvalue weighted by atomic mass is 10.1. The van der Waals surface area contributed by atoms with E-state index >= 15 is 0 Å². The first-order valence-electron chi connectivity index (χ1n) is 8.12. The first-order chi connectivity index (χ1) is 10.4. The summed E-state index contributed by atoms with van der Waals surface area (Å²) >= 11 is 0. The fraction of sp³-hybridized carbons (Fsp3) is 0.750. The first-order valence-corrected chi connectivity index (χ1v) is 8.12. The van der Waals surface area contributed by atoms with Gasteiger partial charge in [0, 0.05) is 31.0 Å². The van der Waals surface area contributed by atoms with E-state index in [0.717, 1.165) is 38.2 Å². The van der Waals surface area contributed by atoms with Crippen molar-refractivity contribution >= 4 is 6.09 Å². The van der Waals surface area contributed by atoms with Crippen molar-refractivity contribution < 1.29 is 9.53 Å². The predicted molar refractivity (Wildman–Crippen MR) is 85.5 cm³/mol. The zero-order valence-corrected chi connectivity index (χ0v) is 14.1. The largest absolute Gasteiger partial charge is 0.444 e. The molecule has 2 unspecified atom stereocenters. The lowest BCUT2D eigenvalue weighted by Crippen LogP contribution is -2.48. The third-order valence-electron chi connectivity index (χ3n) is 3.88. The summed E-state index contributed by atoms with van der Waals surface area (Å²) in [5.41, 5.74) is -0.461. The first kappa shape index (κ1) is 16.8. The maximum Gasteiger partial charge on any atom is 0.407 e. The van der Waals surface area contributed by atoms with Crippen LogP contribution < -0.4 is 10.6 Å². The smallest absolute Gasteiger partial charge is 0.407 e. The van der Waals surface area contributed by atoms with Gasteiger partial charge in [0.25, 0.3) is 0 Å². The van der Waals surface area contributed by atoms with Gasteiger partial charge in [-0.05, 0) is 47.0 Å². The Balaban J connectivity index is 1.84. The number of aryl methyl sites for hydroxylation is 1. The number of hydrogen-bond donors (Lipinski definition) is 2. The number of nitrogens with one attached hydrogen (secondary N) is 2. The van der Waals surface area contributed by atoms with E-state index in [1.165, 1.54) is 0 Å². The summed E-state index contributed by atoms with van der Waals surface area (Å²) in [7, 11) is 0. The highest BCUT2D eigenvalue weighted by atomic mass is 16.6. The van der Waals surface area contributed by atoms with E-state index in [2.05, 4.69) is 27.1 Å². The van der Waals surface area contributed by atoms with Crippen LogP contribution in [0.3, 0.4) is 0 Å². The Morgan fingerprint density at radius 2 is 2.14 bits per heavy atom. The topological polar surface area (TPSA) is 68.2 Å². The molecule has 0 aliphatic heterocycles.